The van der Waals surface area contributed by atoms with Crippen molar-refractivity contribution in [2.45, 2.75) is 25.4 Å². The van der Waals surface area contributed by atoms with Crippen LogP contribution in [0.25, 0.3) is 0 Å². The lowest BCUT2D eigenvalue weighted by atomic mass is 10.0. The predicted octanol–water partition coefficient (Wildman–Crippen LogP) is 3.13. The molecule has 0 heterocycles. The normalized spacial score (nSPS) is 11.2. The molecule has 1 N–H and O–H groups in total. The van der Waals surface area contributed by atoms with Gasteiger partial charge in [0.25, 0.3) is 0 Å². The zero-order chi connectivity index (χ0) is 15.3. The molecule has 20 heavy (non-hydrogen) atoms. The van der Waals surface area contributed by atoms with Gasteiger partial charge in [0, 0.05) is 6.42 Å². The van der Waals surface area contributed by atoms with E-state index >= 15 is 0 Å². The third kappa shape index (κ3) is 3.79. The third-order valence-electron chi connectivity index (χ3n) is 2.74. The lowest BCUT2D eigenvalue weighted by Crippen LogP contribution is -2.10. The number of methoxy groups -OCH3 is 2. The Kier molecular flexibility index (Phi) is 5.24. The van der Waals surface area contributed by atoms with Crippen molar-refractivity contribution in [2.75, 3.05) is 14.2 Å². The maximum absolute atomic E-state index is 12.8. The fraction of sp³-hybridized carbons (Fsp3) is 0.462. The standard InChI is InChI=1S/C13H15F3O4/c1-19-11-8(4-3-5-10(17)18)6-7-9(12(11)20-2)13(14,15)16/h6-7H,3-5H2,1-2H3,(H,17,18). The minimum atomic E-state index is -4.54. The lowest BCUT2D eigenvalue weighted by Gasteiger charge is -2.17. The second-order valence-electron chi connectivity index (χ2n) is 4.08. The maximum atomic E-state index is 12.8. The van der Waals surface area contributed by atoms with E-state index in [2.05, 4.69) is 0 Å². The Bertz CT molecular complexity index is 483. The van der Waals surface area contributed by atoms with Gasteiger partial charge in [-0.15, -0.1) is 0 Å². The fourth-order valence-corrected chi connectivity index (χ4v) is 1.88. The number of carbonyl (C=O) groups is 1. The Morgan fingerprint density at radius 3 is 2.25 bits per heavy atom. The minimum absolute atomic E-state index is 0.00675. The van der Waals surface area contributed by atoms with Crippen LogP contribution in [0.5, 0.6) is 11.5 Å². The highest BCUT2D eigenvalue weighted by atomic mass is 19.4. The molecule has 0 aromatic heterocycles. The van der Waals surface area contributed by atoms with Crippen LogP contribution in [0.4, 0.5) is 13.2 Å². The van der Waals surface area contributed by atoms with Gasteiger partial charge in [0.1, 0.15) is 5.56 Å². The molecule has 112 valence electrons. The van der Waals surface area contributed by atoms with Crippen LogP contribution in [-0.2, 0) is 17.4 Å². The van der Waals surface area contributed by atoms with Crippen molar-refractivity contribution in [1.82, 2.24) is 0 Å². The molecule has 1 aromatic carbocycles. The summed E-state index contributed by atoms with van der Waals surface area (Å²) in [4.78, 5) is 10.4. The number of hydrogen-bond acceptors (Lipinski definition) is 3. The van der Waals surface area contributed by atoms with Gasteiger partial charge in [-0.1, -0.05) is 6.07 Å². The summed E-state index contributed by atoms with van der Waals surface area (Å²) in [6.07, 6.45) is -4.01. The summed E-state index contributed by atoms with van der Waals surface area (Å²) in [6, 6.07) is 2.20. The van der Waals surface area contributed by atoms with E-state index < -0.39 is 17.7 Å². The first-order valence-electron chi connectivity index (χ1n) is 5.84. The molecule has 0 unspecified atom stereocenters. The zero-order valence-electron chi connectivity index (χ0n) is 11.1. The Morgan fingerprint density at radius 1 is 1.20 bits per heavy atom. The van der Waals surface area contributed by atoms with Crippen LogP contribution < -0.4 is 9.47 Å². The molecule has 0 aliphatic heterocycles. The van der Waals surface area contributed by atoms with E-state index in [1.165, 1.54) is 13.2 Å². The van der Waals surface area contributed by atoms with E-state index in [9.17, 15) is 18.0 Å². The molecule has 0 aliphatic carbocycles. The number of hydrogen-bond donors (Lipinski definition) is 1. The second kappa shape index (κ2) is 6.49. The summed E-state index contributed by atoms with van der Waals surface area (Å²) in [6.45, 7) is 0. The van der Waals surface area contributed by atoms with Crippen molar-refractivity contribution in [1.29, 1.82) is 0 Å². The highest BCUT2D eigenvalue weighted by Gasteiger charge is 2.36. The first-order valence-corrected chi connectivity index (χ1v) is 5.84. The molecule has 1 aromatic rings. The van der Waals surface area contributed by atoms with Crippen LogP contribution in [0.15, 0.2) is 12.1 Å². The highest BCUT2D eigenvalue weighted by Crippen LogP contribution is 2.43. The van der Waals surface area contributed by atoms with Crippen LogP contribution in [-0.4, -0.2) is 25.3 Å². The molecule has 4 nitrogen and oxygen atoms in total. The Hall–Kier alpha value is -1.92. The van der Waals surface area contributed by atoms with Crippen molar-refractivity contribution in [2.24, 2.45) is 0 Å². The quantitative estimate of drug-likeness (QED) is 0.875. The Balaban J connectivity index is 3.12. The van der Waals surface area contributed by atoms with Crippen molar-refractivity contribution in [3.63, 3.8) is 0 Å². The number of benzene rings is 1. The maximum Gasteiger partial charge on any atom is 0.420 e. The molecule has 0 fully saturated rings. The second-order valence-corrected chi connectivity index (χ2v) is 4.08. The Labute approximate surface area is 114 Å². The zero-order valence-corrected chi connectivity index (χ0v) is 11.1. The summed E-state index contributed by atoms with van der Waals surface area (Å²) in [7, 11) is 2.38. The fourth-order valence-electron chi connectivity index (χ4n) is 1.88. The van der Waals surface area contributed by atoms with Gasteiger partial charge >= 0.3 is 12.1 Å². The largest absolute Gasteiger partial charge is 0.493 e. The average molecular weight is 292 g/mol. The number of halogens is 3. The summed E-state index contributed by atoms with van der Waals surface area (Å²) in [5, 5.41) is 8.56. The molecule has 1 rings (SSSR count). The van der Waals surface area contributed by atoms with Crippen LogP contribution in [0.3, 0.4) is 0 Å². The monoisotopic (exact) mass is 292 g/mol. The van der Waals surface area contributed by atoms with Crippen LogP contribution >= 0.6 is 0 Å². The van der Waals surface area contributed by atoms with E-state index in [1.54, 1.807) is 0 Å². The molecule has 0 radical (unpaired) electrons. The highest BCUT2D eigenvalue weighted by molar-refractivity contribution is 5.66. The minimum Gasteiger partial charge on any atom is -0.493 e. The third-order valence-corrected chi connectivity index (χ3v) is 2.74. The average Bonchev–Trinajstić information content (AvgIpc) is 2.36. The van der Waals surface area contributed by atoms with Gasteiger partial charge in [-0.2, -0.15) is 13.2 Å². The summed E-state index contributed by atoms with van der Waals surface area (Å²) in [5.41, 5.74) is -0.433. The molecule has 0 amide bonds. The molecular weight excluding hydrogens is 277 g/mol. The van der Waals surface area contributed by atoms with Crippen LogP contribution in [0, 0.1) is 0 Å². The van der Waals surface area contributed by atoms with Crippen LogP contribution in [0.1, 0.15) is 24.0 Å². The topological polar surface area (TPSA) is 55.8 Å². The first-order chi connectivity index (χ1) is 9.31. The molecule has 0 saturated heterocycles. The number of ether oxygens (including phenoxy) is 2. The van der Waals surface area contributed by atoms with Crippen LogP contribution in [0.2, 0.25) is 0 Å². The SMILES string of the molecule is COc1c(CCCC(=O)O)ccc(C(F)(F)F)c1OC. The summed E-state index contributed by atoms with van der Waals surface area (Å²) >= 11 is 0. The molecule has 0 aliphatic rings. The summed E-state index contributed by atoms with van der Waals surface area (Å²) < 4.78 is 48.3. The van der Waals surface area contributed by atoms with E-state index in [0.29, 0.717) is 18.4 Å². The molecule has 0 spiro atoms. The van der Waals surface area contributed by atoms with Crippen molar-refractivity contribution < 1.29 is 32.5 Å². The first kappa shape index (κ1) is 16.1. The molecule has 0 atom stereocenters. The number of alkyl halides is 3. The van der Waals surface area contributed by atoms with Gasteiger partial charge in [-0.3, -0.25) is 4.79 Å². The number of carboxylic acid groups (broad SMARTS) is 1. The molecular formula is C13H15F3O4. The number of carboxylic acids is 1. The lowest BCUT2D eigenvalue weighted by molar-refractivity contribution is -0.139. The van der Waals surface area contributed by atoms with Crippen molar-refractivity contribution >= 4 is 5.97 Å². The predicted molar refractivity (Wildman–Crippen MR) is 65.1 cm³/mol. The van der Waals surface area contributed by atoms with Gasteiger partial charge in [-0.25, -0.2) is 0 Å². The van der Waals surface area contributed by atoms with E-state index in [4.69, 9.17) is 14.6 Å². The molecule has 7 heteroatoms. The van der Waals surface area contributed by atoms with E-state index in [-0.39, 0.29) is 17.9 Å². The van der Waals surface area contributed by atoms with Gasteiger partial charge in [-0.05, 0) is 24.5 Å². The summed E-state index contributed by atoms with van der Waals surface area (Å²) in [5.74, 6) is -1.34. The van der Waals surface area contributed by atoms with E-state index in [1.807, 2.05) is 0 Å². The molecule has 0 saturated carbocycles. The Morgan fingerprint density at radius 2 is 1.80 bits per heavy atom. The smallest absolute Gasteiger partial charge is 0.420 e. The van der Waals surface area contributed by atoms with Crippen molar-refractivity contribution in [3.8, 4) is 11.5 Å². The molecule has 0 bridgehead atoms. The van der Waals surface area contributed by atoms with Gasteiger partial charge < -0.3 is 14.6 Å². The van der Waals surface area contributed by atoms with Gasteiger partial charge in [0.15, 0.2) is 11.5 Å². The van der Waals surface area contributed by atoms with Gasteiger partial charge in [0.2, 0.25) is 0 Å². The number of aryl methyl sites for hydroxylation is 1. The number of rotatable bonds is 6. The number of aliphatic carboxylic acids is 1. The van der Waals surface area contributed by atoms with Crippen molar-refractivity contribution in [3.05, 3.63) is 23.3 Å². The van der Waals surface area contributed by atoms with E-state index in [0.717, 1.165) is 13.2 Å². The van der Waals surface area contributed by atoms with Gasteiger partial charge in [0.05, 0.1) is 14.2 Å².